The molecule has 0 atom stereocenters. The average molecular weight is 538 g/mol. The van der Waals surface area contributed by atoms with Crippen molar-refractivity contribution < 1.29 is 14.7 Å². The third-order valence-corrected chi connectivity index (χ3v) is 7.81. The molecule has 0 saturated carbocycles. The highest BCUT2D eigenvalue weighted by molar-refractivity contribution is 8.26. The van der Waals surface area contributed by atoms with Gasteiger partial charge in [-0.1, -0.05) is 49.1 Å². The van der Waals surface area contributed by atoms with Crippen LogP contribution in [0, 0.1) is 18.3 Å². The zero-order chi connectivity index (χ0) is 26.7. The van der Waals surface area contributed by atoms with Gasteiger partial charge in [0.15, 0.2) is 0 Å². The predicted molar refractivity (Wildman–Crippen MR) is 149 cm³/mol. The van der Waals surface area contributed by atoms with Crippen LogP contribution in [-0.4, -0.2) is 63.5 Å². The van der Waals surface area contributed by atoms with Gasteiger partial charge in [-0.3, -0.25) is 23.9 Å². The van der Waals surface area contributed by atoms with Crippen molar-refractivity contribution in [3.05, 3.63) is 62.3 Å². The molecule has 1 amide bonds. The normalized spacial score (nSPS) is 17.0. The van der Waals surface area contributed by atoms with Crippen LogP contribution >= 0.6 is 24.0 Å². The van der Waals surface area contributed by atoms with Crippen molar-refractivity contribution in [3.8, 4) is 6.07 Å². The summed E-state index contributed by atoms with van der Waals surface area (Å²) in [6.45, 7) is 6.34. The lowest BCUT2D eigenvalue weighted by atomic mass is 10.0. The summed E-state index contributed by atoms with van der Waals surface area (Å²) < 4.78 is 1.80. The lowest BCUT2D eigenvalue weighted by Gasteiger charge is -2.39. The number of carboxylic acids is 1. The van der Waals surface area contributed by atoms with Crippen molar-refractivity contribution in [3.63, 3.8) is 0 Å². The van der Waals surface area contributed by atoms with E-state index in [-0.39, 0.29) is 20.3 Å². The number of carbonyl (C=O) groups excluding carboxylic acids is 1. The van der Waals surface area contributed by atoms with Crippen molar-refractivity contribution >= 4 is 57.8 Å². The Kier molecular flexibility index (Phi) is 8.00. The smallest absolute Gasteiger partial charge is 0.323 e. The van der Waals surface area contributed by atoms with E-state index in [2.05, 4.69) is 21.9 Å². The Labute approximate surface area is 224 Å². The van der Waals surface area contributed by atoms with Crippen LogP contribution in [0.5, 0.6) is 0 Å². The quantitative estimate of drug-likeness (QED) is 0.421. The Hall–Kier alpha value is -3.62. The van der Waals surface area contributed by atoms with Gasteiger partial charge in [0.2, 0.25) is 0 Å². The van der Waals surface area contributed by atoms with Crippen LogP contribution in [0.15, 0.2) is 40.0 Å². The summed E-state index contributed by atoms with van der Waals surface area (Å²) in [6, 6.07) is 12.2. The highest BCUT2D eigenvalue weighted by Gasteiger charge is 2.34. The number of hydrogen-bond donors (Lipinski definition) is 1. The molecule has 1 aromatic heterocycles. The van der Waals surface area contributed by atoms with E-state index >= 15 is 0 Å². The van der Waals surface area contributed by atoms with E-state index in [4.69, 9.17) is 12.2 Å². The minimum Gasteiger partial charge on any atom is -0.480 e. The third-order valence-electron chi connectivity index (χ3n) is 6.44. The van der Waals surface area contributed by atoms with Gasteiger partial charge in [-0.2, -0.15) is 5.26 Å². The molecular weight excluding hydrogens is 510 g/mol. The number of anilines is 2. The number of thioether (sulfide) groups is 1. The lowest BCUT2D eigenvalue weighted by molar-refractivity contribution is -0.140. The molecule has 1 N–H and O–H groups in total. The minimum atomic E-state index is -1.16. The maximum Gasteiger partial charge on any atom is 0.323 e. The Bertz CT molecular complexity index is 1370. The number of nitrogens with zero attached hydrogens (tertiary/aromatic N) is 5. The van der Waals surface area contributed by atoms with Crippen molar-refractivity contribution in [2.45, 2.75) is 26.8 Å². The summed E-state index contributed by atoms with van der Waals surface area (Å²) in [5, 5.41) is 19.0. The monoisotopic (exact) mass is 537 g/mol. The lowest BCUT2D eigenvalue weighted by Crippen LogP contribution is -2.48. The SMILES string of the molecule is CCCn1c(N2CCN(c3ccccc3)CC2)c(/C=C2/SC(=S)N(CC(=O)O)C2=O)c(C)c(C#N)c1=O. The summed E-state index contributed by atoms with van der Waals surface area (Å²) in [5.74, 6) is -0.989. The van der Waals surface area contributed by atoms with E-state index in [1.165, 1.54) is 0 Å². The number of hydrogen-bond acceptors (Lipinski definition) is 8. The summed E-state index contributed by atoms with van der Waals surface area (Å²) >= 11 is 6.28. The Balaban J connectivity index is 1.79. The molecule has 11 heteroatoms. The number of carboxylic acid groups (broad SMARTS) is 1. The fourth-order valence-corrected chi connectivity index (χ4v) is 5.87. The van der Waals surface area contributed by atoms with Crippen LogP contribution in [0.3, 0.4) is 0 Å². The average Bonchev–Trinajstić information content (AvgIpc) is 3.15. The van der Waals surface area contributed by atoms with E-state index in [0.29, 0.717) is 43.0 Å². The first-order valence-electron chi connectivity index (χ1n) is 12.0. The molecule has 0 aliphatic carbocycles. The molecule has 2 fully saturated rings. The Morgan fingerprint density at radius 1 is 1.16 bits per heavy atom. The molecule has 192 valence electrons. The number of carbonyl (C=O) groups is 2. The molecule has 2 saturated heterocycles. The molecule has 1 aromatic carbocycles. The molecule has 2 aliphatic heterocycles. The number of amides is 1. The van der Waals surface area contributed by atoms with Gasteiger partial charge < -0.3 is 14.9 Å². The summed E-state index contributed by atoms with van der Waals surface area (Å²) in [6.07, 6.45) is 2.34. The van der Waals surface area contributed by atoms with Gasteiger partial charge in [-0.25, -0.2) is 0 Å². The van der Waals surface area contributed by atoms with Gasteiger partial charge in [0.05, 0.1) is 4.91 Å². The highest BCUT2D eigenvalue weighted by Crippen LogP contribution is 2.36. The van der Waals surface area contributed by atoms with Gasteiger partial charge in [0.25, 0.3) is 11.5 Å². The van der Waals surface area contributed by atoms with Crippen molar-refractivity contribution in [1.29, 1.82) is 5.26 Å². The molecule has 0 unspecified atom stereocenters. The maximum atomic E-state index is 13.4. The predicted octanol–water partition coefficient (Wildman–Crippen LogP) is 3.05. The second kappa shape index (κ2) is 11.2. The molecule has 37 heavy (non-hydrogen) atoms. The Morgan fingerprint density at radius 3 is 2.41 bits per heavy atom. The number of piperazine rings is 1. The topological polar surface area (TPSA) is 110 Å². The number of pyridine rings is 1. The molecule has 0 spiro atoms. The first kappa shape index (κ1) is 26.4. The third kappa shape index (κ3) is 5.26. The summed E-state index contributed by atoms with van der Waals surface area (Å²) in [4.78, 5) is 43.3. The molecule has 9 nitrogen and oxygen atoms in total. The van der Waals surface area contributed by atoms with Gasteiger partial charge in [0.1, 0.15) is 28.3 Å². The van der Waals surface area contributed by atoms with Crippen LogP contribution in [0.4, 0.5) is 11.5 Å². The molecule has 3 heterocycles. The van der Waals surface area contributed by atoms with E-state index in [1.54, 1.807) is 17.6 Å². The number of para-hydroxylation sites is 1. The fraction of sp³-hybridized carbons (Fsp3) is 0.346. The van der Waals surface area contributed by atoms with Crippen molar-refractivity contribution in [2.24, 2.45) is 0 Å². The molecule has 0 bridgehead atoms. The van der Waals surface area contributed by atoms with Gasteiger partial charge in [0, 0.05) is 44.0 Å². The molecular formula is C26H27N5O4S2. The second-order valence-electron chi connectivity index (χ2n) is 8.78. The number of aromatic nitrogens is 1. The molecule has 2 aliphatic rings. The largest absolute Gasteiger partial charge is 0.480 e. The van der Waals surface area contributed by atoms with Crippen LogP contribution in [0.2, 0.25) is 0 Å². The standard InChI is InChI=1S/C26H27N5O4S2/c1-3-9-30-23(29-12-10-28(11-13-29)18-7-5-4-6-8-18)19(17(2)20(15-27)24(30)34)14-21-25(35)31(16-22(32)33)26(36)37-21/h4-8,14H,3,9-13,16H2,1-2H3,(H,32,33)/b21-14+. The molecule has 4 rings (SSSR count). The van der Waals surface area contributed by atoms with Crippen LogP contribution in [-0.2, 0) is 16.1 Å². The second-order valence-corrected chi connectivity index (χ2v) is 10.5. The number of aliphatic carboxylic acids is 1. The summed E-state index contributed by atoms with van der Waals surface area (Å²) in [5.41, 5.74) is 1.91. The number of thiocarbonyl (C=S) groups is 1. The zero-order valence-corrected chi connectivity index (χ0v) is 22.3. The first-order chi connectivity index (χ1) is 17.8. The summed E-state index contributed by atoms with van der Waals surface area (Å²) in [7, 11) is 0. The zero-order valence-electron chi connectivity index (χ0n) is 20.6. The highest BCUT2D eigenvalue weighted by atomic mass is 32.2. The number of nitriles is 1. The first-order valence-corrected chi connectivity index (χ1v) is 13.2. The van der Waals surface area contributed by atoms with E-state index in [0.717, 1.165) is 35.4 Å². The van der Waals surface area contributed by atoms with Gasteiger partial charge in [-0.05, 0) is 37.1 Å². The van der Waals surface area contributed by atoms with Crippen LogP contribution < -0.4 is 15.4 Å². The van der Waals surface area contributed by atoms with Crippen LogP contribution in [0.1, 0.15) is 30.0 Å². The Morgan fingerprint density at radius 2 is 1.81 bits per heavy atom. The number of rotatable bonds is 7. The fourth-order valence-electron chi connectivity index (χ4n) is 4.63. The van der Waals surface area contributed by atoms with E-state index in [1.807, 2.05) is 31.2 Å². The minimum absolute atomic E-state index is 0.0346. The van der Waals surface area contributed by atoms with E-state index < -0.39 is 18.4 Å². The van der Waals surface area contributed by atoms with Gasteiger partial charge >= 0.3 is 5.97 Å². The van der Waals surface area contributed by atoms with Crippen molar-refractivity contribution in [1.82, 2.24) is 9.47 Å². The van der Waals surface area contributed by atoms with Crippen molar-refractivity contribution in [2.75, 3.05) is 42.5 Å². The molecule has 0 radical (unpaired) electrons. The van der Waals surface area contributed by atoms with Gasteiger partial charge in [-0.15, -0.1) is 0 Å². The molecule has 2 aromatic rings. The maximum absolute atomic E-state index is 13.4. The van der Waals surface area contributed by atoms with E-state index in [9.17, 15) is 24.8 Å². The number of benzene rings is 1. The van der Waals surface area contributed by atoms with Crippen LogP contribution in [0.25, 0.3) is 6.08 Å².